The quantitative estimate of drug-likeness (QED) is 0.880. The SMILES string of the molecule is CCC(CC)(C(=O)O)n1nnnc1-c1cscn1. The van der Waals surface area contributed by atoms with Crippen LogP contribution >= 0.6 is 11.3 Å². The number of thiazole rings is 1. The molecule has 0 aromatic carbocycles. The Kier molecular flexibility index (Phi) is 3.37. The van der Waals surface area contributed by atoms with Gasteiger partial charge in [-0.1, -0.05) is 13.8 Å². The average molecular weight is 267 g/mol. The van der Waals surface area contributed by atoms with Gasteiger partial charge in [0.05, 0.1) is 5.51 Å². The molecule has 0 atom stereocenters. The molecule has 0 fully saturated rings. The summed E-state index contributed by atoms with van der Waals surface area (Å²) in [7, 11) is 0. The molecule has 1 N–H and O–H groups in total. The van der Waals surface area contributed by atoms with Gasteiger partial charge in [0.1, 0.15) is 5.69 Å². The minimum absolute atomic E-state index is 0.391. The lowest BCUT2D eigenvalue weighted by Gasteiger charge is -2.27. The molecule has 0 aliphatic carbocycles. The Balaban J connectivity index is 2.57. The van der Waals surface area contributed by atoms with Crippen LogP contribution in [0.15, 0.2) is 10.9 Å². The summed E-state index contributed by atoms with van der Waals surface area (Å²) in [6.07, 6.45) is 0.808. The first kappa shape index (κ1) is 12.6. The van der Waals surface area contributed by atoms with E-state index in [2.05, 4.69) is 20.5 Å². The monoisotopic (exact) mass is 267 g/mol. The third kappa shape index (κ3) is 1.78. The standard InChI is InChI=1S/C10H13N5O2S/c1-3-10(4-2,9(16)17)15-8(12-13-14-15)7-5-18-6-11-7/h5-6H,3-4H2,1-2H3,(H,16,17). The summed E-state index contributed by atoms with van der Waals surface area (Å²) in [4.78, 5) is 15.7. The predicted octanol–water partition coefficient (Wildman–Crippen LogP) is 1.40. The normalized spacial score (nSPS) is 11.7. The van der Waals surface area contributed by atoms with Crippen LogP contribution in [0.2, 0.25) is 0 Å². The molecule has 2 rings (SSSR count). The van der Waals surface area contributed by atoms with E-state index >= 15 is 0 Å². The Morgan fingerprint density at radius 2 is 2.22 bits per heavy atom. The molecule has 0 saturated heterocycles. The molecule has 2 aromatic rings. The summed E-state index contributed by atoms with van der Waals surface area (Å²) in [6.45, 7) is 3.62. The molecule has 2 heterocycles. The highest BCUT2D eigenvalue weighted by Crippen LogP contribution is 2.29. The number of rotatable bonds is 5. The zero-order valence-electron chi connectivity index (χ0n) is 10.1. The summed E-state index contributed by atoms with van der Waals surface area (Å²) in [6, 6.07) is 0. The second-order valence-corrected chi connectivity index (χ2v) is 4.55. The number of carbonyl (C=O) groups is 1. The van der Waals surface area contributed by atoms with Crippen molar-refractivity contribution in [2.24, 2.45) is 0 Å². The molecule has 7 nitrogen and oxygen atoms in total. The summed E-state index contributed by atoms with van der Waals surface area (Å²) in [5.74, 6) is -0.543. The van der Waals surface area contributed by atoms with Crippen molar-refractivity contribution in [1.29, 1.82) is 0 Å². The number of hydrogen-bond donors (Lipinski definition) is 1. The number of nitrogens with zero attached hydrogens (tertiary/aromatic N) is 5. The molecule has 0 amide bonds. The molecule has 0 bridgehead atoms. The van der Waals surface area contributed by atoms with Crippen molar-refractivity contribution < 1.29 is 9.90 Å². The summed E-state index contributed by atoms with van der Waals surface area (Å²) < 4.78 is 1.37. The van der Waals surface area contributed by atoms with E-state index in [1.165, 1.54) is 16.0 Å². The Bertz CT molecular complexity index is 532. The topological polar surface area (TPSA) is 93.8 Å². The van der Waals surface area contributed by atoms with Gasteiger partial charge in [-0.2, -0.15) is 0 Å². The first-order valence-electron chi connectivity index (χ1n) is 5.56. The molecule has 0 aliphatic heterocycles. The zero-order valence-corrected chi connectivity index (χ0v) is 10.9. The average Bonchev–Trinajstić information content (AvgIpc) is 3.01. The Morgan fingerprint density at radius 1 is 1.50 bits per heavy atom. The van der Waals surface area contributed by atoms with E-state index in [0.29, 0.717) is 24.4 Å². The number of carboxylic acid groups (broad SMARTS) is 1. The van der Waals surface area contributed by atoms with Crippen molar-refractivity contribution in [3.8, 4) is 11.5 Å². The smallest absolute Gasteiger partial charge is 0.331 e. The van der Waals surface area contributed by atoms with Gasteiger partial charge in [-0.3, -0.25) is 0 Å². The molecule has 0 spiro atoms. The van der Waals surface area contributed by atoms with Gasteiger partial charge in [0, 0.05) is 5.38 Å². The van der Waals surface area contributed by atoms with Crippen LogP contribution in [-0.4, -0.2) is 36.3 Å². The van der Waals surface area contributed by atoms with Gasteiger partial charge in [-0.05, 0) is 23.3 Å². The van der Waals surface area contributed by atoms with Crippen molar-refractivity contribution in [1.82, 2.24) is 25.2 Å². The molecule has 2 aromatic heterocycles. The number of tetrazole rings is 1. The maximum Gasteiger partial charge on any atom is 0.331 e. The Labute approximate surface area is 107 Å². The lowest BCUT2D eigenvalue weighted by atomic mass is 9.93. The van der Waals surface area contributed by atoms with Crippen LogP contribution in [0.5, 0.6) is 0 Å². The third-order valence-corrected chi connectivity index (χ3v) is 3.69. The molecule has 96 valence electrons. The van der Waals surface area contributed by atoms with E-state index < -0.39 is 11.5 Å². The predicted molar refractivity (Wildman–Crippen MR) is 65.1 cm³/mol. The van der Waals surface area contributed by atoms with E-state index in [0.717, 1.165) is 0 Å². The van der Waals surface area contributed by atoms with Gasteiger partial charge < -0.3 is 5.11 Å². The van der Waals surface area contributed by atoms with Gasteiger partial charge in [0.25, 0.3) is 0 Å². The van der Waals surface area contributed by atoms with E-state index in [1.54, 1.807) is 10.9 Å². The first-order chi connectivity index (χ1) is 8.65. The van der Waals surface area contributed by atoms with Crippen LogP contribution in [0.1, 0.15) is 26.7 Å². The number of hydrogen-bond acceptors (Lipinski definition) is 6. The fourth-order valence-electron chi connectivity index (χ4n) is 1.90. The summed E-state index contributed by atoms with van der Waals surface area (Å²) in [5.41, 5.74) is 1.13. The number of aliphatic carboxylic acids is 1. The van der Waals surface area contributed by atoms with Crippen LogP contribution in [0.4, 0.5) is 0 Å². The van der Waals surface area contributed by atoms with Crippen LogP contribution < -0.4 is 0 Å². The fourth-order valence-corrected chi connectivity index (χ4v) is 2.43. The van der Waals surface area contributed by atoms with Crippen molar-refractivity contribution in [3.63, 3.8) is 0 Å². The van der Waals surface area contributed by atoms with E-state index in [-0.39, 0.29) is 0 Å². The van der Waals surface area contributed by atoms with Crippen molar-refractivity contribution in [2.45, 2.75) is 32.2 Å². The molecule has 18 heavy (non-hydrogen) atoms. The summed E-state index contributed by atoms with van der Waals surface area (Å²) in [5, 5.41) is 22.6. The van der Waals surface area contributed by atoms with Gasteiger partial charge in [-0.25, -0.2) is 14.5 Å². The fraction of sp³-hybridized carbons (Fsp3) is 0.500. The highest BCUT2D eigenvalue weighted by molar-refractivity contribution is 7.07. The molecule has 8 heteroatoms. The van der Waals surface area contributed by atoms with Gasteiger partial charge in [0.15, 0.2) is 5.54 Å². The second-order valence-electron chi connectivity index (χ2n) is 3.83. The largest absolute Gasteiger partial charge is 0.479 e. The lowest BCUT2D eigenvalue weighted by Crippen LogP contribution is -2.42. The van der Waals surface area contributed by atoms with Crippen molar-refractivity contribution in [3.05, 3.63) is 10.9 Å². The molecule has 0 saturated carbocycles. The van der Waals surface area contributed by atoms with E-state index in [1.807, 2.05) is 13.8 Å². The van der Waals surface area contributed by atoms with Crippen LogP contribution in [0, 0.1) is 0 Å². The van der Waals surface area contributed by atoms with Crippen LogP contribution in [0.25, 0.3) is 11.5 Å². The van der Waals surface area contributed by atoms with E-state index in [4.69, 9.17) is 0 Å². The van der Waals surface area contributed by atoms with Crippen molar-refractivity contribution in [2.75, 3.05) is 0 Å². The maximum absolute atomic E-state index is 11.6. The molecule has 0 radical (unpaired) electrons. The zero-order chi connectivity index (χ0) is 13.2. The van der Waals surface area contributed by atoms with Crippen LogP contribution in [-0.2, 0) is 10.3 Å². The molecule has 0 aliphatic rings. The van der Waals surface area contributed by atoms with E-state index in [9.17, 15) is 9.90 Å². The second kappa shape index (κ2) is 4.81. The number of carboxylic acids is 1. The minimum Gasteiger partial charge on any atom is -0.479 e. The minimum atomic E-state index is -1.12. The number of aromatic nitrogens is 5. The van der Waals surface area contributed by atoms with Crippen molar-refractivity contribution >= 4 is 17.3 Å². The lowest BCUT2D eigenvalue weighted by molar-refractivity contribution is -0.148. The maximum atomic E-state index is 11.6. The Hall–Kier alpha value is -1.83. The molecular weight excluding hydrogens is 254 g/mol. The first-order valence-corrected chi connectivity index (χ1v) is 6.50. The molecule has 0 unspecified atom stereocenters. The molecular formula is C10H13N5O2S. The highest BCUT2D eigenvalue weighted by Gasteiger charge is 2.40. The Morgan fingerprint density at radius 3 is 2.72 bits per heavy atom. The van der Waals surface area contributed by atoms with Gasteiger partial charge >= 0.3 is 5.97 Å². The van der Waals surface area contributed by atoms with Gasteiger partial charge in [-0.15, -0.1) is 16.4 Å². The highest BCUT2D eigenvalue weighted by atomic mass is 32.1. The van der Waals surface area contributed by atoms with Crippen LogP contribution in [0.3, 0.4) is 0 Å². The third-order valence-electron chi connectivity index (χ3n) is 3.10. The van der Waals surface area contributed by atoms with Gasteiger partial charge in [0.2, 0.25) is 5.82 Å². The summed E-state index contributed by atoms with van der Waals surface area (Å²) >= 11 is 1.41.